The van der Waals surface area contributed by atoms with Gasteiger partial charge < -0.3 is 9.84 Å². The molecule has 3 nitrogen and oxygen atoms in total. The SMILES string of the molecule is CC(=O)c1ccc(Cl)c(Cl)c1OC[C@H](O)C(F)(F)F. The monoisotopic (exact) mass is 316 g/mol. The largest absolute Gasteiger partial charge is 0.488 e. The van der Waals surface area contributed by atoms with Gasteiger partial charge in [-0.3, -0.25) is 4.79 Å². The molecule has 0 unspecified atom stereocenters. The highest BCUT2D eigenvalue weighted by Crippen LogP contribution is 2.36. The van der Waals surface area contributed by atoms with Crippen molar-refractivity contribution < 1.29 is 27.8 Å². The van der Waals surface area contributed by atoms with Crippen LogP contribution in [0.5, 0.6) is 5.75 Å². The van der Waals surface area contributed by atoms with Crippen molar-refractivity contribution in [2.45, 2.75) is 19.2 Å². The lowest BCUT2D eigenvalue weighted by molar-refractivity contribution is -0.210. The first-order valence-electron chi connectivity index (χ1n) is 5.01. The zero-order valence-corrected chi connectivity index (χ0v) is 11.1. The highest BCUT2D eigenvalue weighted by molar-refractivity contribution is 6.43. The van der Waals surface area contributed by atoms with E-state index in [-0.39, 0.29) is 21.4 Å². The molecule has 0 heterocycles. The maximum Gasteiger partial charge on any atom is 0.417 e. The lowest BCUT2D eigenvalue weighted by Gasteiger charge is -2.17. The predicted octanol–water partition coefficient (Wildman–Crippen LogP) is 3.50. The van der Waals surface area contributed by atoms with E-state index in [4.69, 9.17) is 33.0 Å². The molecule has 1 aromatic rings. The number of carbonyl (C=O) groups is 1. The Bertz CT molecular complexity index is 489. The van der Waals surface area contributed by atoms with Crippen LogP contribution in [-0.2, 0) is 0 Å². The van der Waals surface area contributed by atoms with Gasteiger partial charge in [0.2, 0.25) is 0 Å². The number of hydrogen-bond donors (Lipinski definition) is 1. The van der Waals surface area contributed by atoms with Crippen molar-refractivity contribution in [3.63, 3.8) is 0 Å². The molecule has 8 heteroatoms. The number of aliphatic hydroxyl groups excluding tert-OH is 1. The van der Waals surface area contributed by atoms with Gasteiger partial charge >= 0.3 is 6.18 Å². The fourth-order valence-electron chi connectivity index (χ4n) is 1.21. The molecule has 0 aliphatic heterocycles. The predicted molar refractivity (Wildman–Crippen MR) is 64.0 cm³/mol. The Kier molecular flexibility index (Phi) is 5.06. The number of ether oxygens (including phenoxy) is 1. The van der Waals surface area contributed by atoms with Gasteiger partial charge in [0.15, 0.2) is 11.9 Å². The van der Waals surface area contributed by atoms with Crippen molar-refractivity contribution in [1.29, 1.82) is 0 Å². The summed E-state index contributed by atoms with van der Waals surface area (Å²) in [5, 5.41) is 8.68. The standard InChI is InChI=1S/C11H9Cl2F3O3/c1-5(17)6-2-3-7(12)9(13)10(6)19-4-8(18)11(14,15)16/h2-3,8,18H,4H2,1H3/t8-/m0/s1. The molecule has 0 saturated carbocycles. The topological polar surface area (TPSA) is 46.5 Å². The first-order valence-corrected chi connectivity index (χ1v) is 5.76. The van der Waals surface area contributed by atoms with Gasteiger partial charge in [-0.15, -0.1) is 0 Å². The third-order valence-electron chi connectivity index (χ3n) is 2.19. The van der Waals surface area contributed by atoms with E-state index in [0.717, 1.165) is 0 Å². The molecule has 0 aliphatic rings. The van der Waals surface area contributed by atoms with Gasteiger partial charge in [-0.25, -0.2) is 0 Å². The van der Waals surface area contributed by atoms with Crippen molar-refractivity contribution in [2.75, 3.05) is 6.61 Å². The summed E-state index contributed by atoms with van der Waals surface area (Å²) in [6.07, 6.45) is -7.50. The van der Waals surface area contributed by atoms with Crippen molar-refractivity contribution in [3.8, 4) is 5.75 Å². The minimum atomic E-state index is -4.82. The van der Waals surface area contributed by atoms with E-state index in [9.17, 15) is 18.0 Å². The van der Waals surface area contributed by atoms with E-state index in [1.807, 2.05) is 0 Å². The Hall–Kier alpha value is -0.980. The summed E-state index contributed by atoms with van der Waals surface area (Å²) in [7, 11) is 0. The number of alkyl halides is 3. The Morgan fingerprint density at radius 1 is 1.42 bits per heavy atom. The molecule has 0 aromatic heterocycles. The number of Topliss-reactive ketones (excluding diaryl/α,β-unsaturated/α-hetero) is 1. The van der Waals surface area contributed by atoms with Crippen LogP contribution in [0.2, 0.25) is 10.0 Å². The minimum Gasteiger partial charge on any atom is -0.488 e. The summed E-state index contributed by atoms with van der Waals surface area (Å²) in [6.45, 7) is 0.121. The molecule has 0 aliphatic carbocycles. The lowest BCUT2D eigenvalue weighted by Crippen LogP contribution is -2.34. The van der Waals surface area contributed by atoms with E-state index < -0.39 is 24.7 Å². The molecule has 0 spiro atoms. The summed E-state index contributed by atoms with van der Waals surface area (Å²) < 4.78 is 41.2. The minimum absolute atomic E-state index is 0.0104. The van der Waals surface area contributed by atoms with Crippen LogP contribution < -0.4 is 4.74 Å². The van der Waals surface area contributed by atoms with Crippen LogP contribution >= 0.6 is 23.2 Å². The maximum atomic E-state index is 12.1. The first-order chi connectivity index (χ1) is 8.64. The molecule has 0 amide bonds. The summed E-state index contributed by atoms with van der Waals surface area (Å²) in [5.74, 6) is -0.722. The fraction of sp³-hybridized carbons (Fsp3) is 0.364. The van der Waals surface area contributed by atoms with E-state index >= 15 is 0 Å². The van der Waals surface area contributed by atoms with Gasteiger partial charge in [-0.1, -0.05) is 23.2 Å². The average molecular weight is 317 g/mol. The van der Waals surface area contributed by atoms with Crippen LogP contribution in [-0.4, -0.2) is 29.8 Å². The normalized spacial score (nSPS) is 13.2. The summed E-state index contributed by atoms with van der Waals surface area (Å²) in [4.78, 5) is 11.3. The Balaban J connectivity index is 3.00. The Labute approximate surface area is 116 Å². The van der Waals surface area contributed by atoms with E-state index in [0.29, 0.717) is 0 Å². The molecule has 0 fully saturated rings. The summed E-state index contributed by atoms with van der Waals surface area (Å²) in [6, 6.07) is 2.61. The van der Waals surface area contributed by atoms with Crippen molar-refractivity contribution >= 4 is 29.0 Å². The molecule has 1 rings (SSSR count). The third kappa shape index (κ3) is 3.99. The highest BCUT2D eigenvalue weighted by atomic mass is 35.5. The second-order valence-corrected chi connectivity index (χ2v) is 4.45. The Morgan fingerprint density at radius 3 is 2.47 bits per heavy atom. The smallest absolute Gasteiger partial charge is 0.417 e. The third-order valence-corrected chi connectivity index (χ3v) is 2.98. The second kappa shape index (κ2) is 5.98. The second-order valence-electron chi connectivity index (χ2n) is 3.66. The van der Waals surface area contributed by atoms with Crippen molar-refractivity contribution in [1.82, 2.24) is 0 Å². The number of ketones is 1. The van der Waals surface area contributed by atoms with Crippen LogP contribution in [0, 0.1) is 0 Å². The quantitative estimate of drug-likeness (QED) is 0.865. The number of rotatable bonds is 4. The van der Waals surface area contributed by atoms with Gasteiger partial charge in [0.1, 0.15) is 17.4 Å². The van der Waals surface area contributed by atoms with Crippen molar-refractivity contribution in [2.24, 2.45) is 0 Å². The molecule has 1 N–H and O–H groups in total. The van der Waals surface area contributed by atoms with Gasteiger partial charge in [0.05, 0.1) is 10.6 Å². The lowest BCUT2D eigenvalue weighted by atomic mass is 10.1. The molecule has 0 saturated heterocycles. The summed E-state index contributed by atoms with van der Waals surface area (Å²) in [5.41, 5.74) is -0.0104. The van der Waals surface area contributed by atoms with Crippen LogP contribution in [0.3, 0.4) is 0 Å². The number of halogens is 5. The zero-order valence-electron chi connectivity index (χ0n) is 9.59. The van der Waals surface area contributed by atoms with E-state index in [2.05, 4.69) is 0 Å². The van der Waals surface area contributed by atoms with Gasteiger partial charge in [0.25, 0.3) is 0 Å². The van der Waals surface area contributed by atoms with Gasteiger partial charge in [-0.2, -0.15) is 13.2 Å². The molecule has 0 radical (unpaired) electrons. The number of benzene rings is 1. The average Bonchev–Trinajstić information content (AvgIpc) is 2.28. The van der Waals surface area contributed by atoms with Crippen molar-refractivity contribution in [3.05, 3.63) is 27.7 Å². The zero-order chi connectivity index (χ0) is 14.8. The van der Waals surface area contributed by atoms with E-state index in [1.54, 1.807) is 0 Å². The fourth-order valence-corrected chi connectivity index (χ4v) is 1.58. The van der Waals surface area contributed by atoms with Gasteiger partial charge in [0, 0.05) is 0 Å². The number of aliphatic hydroxyl groups is 1. The Morgan fingerprint density at radius 2 is 2.00 bits per heavy atom. The molecule has 1 aromatic carbocycles. The molecule has 0 bridgehead atoms. The molecular formula is C11H9Cl2F3O3. The number of carbonyl (C=O) groups excluding carboxylic acids is 1. The van der Waals surface area contributed by atoms with Crippen LogP contribution in [0.1, 0.15) is 17.3 Å². The van der Waals surface area contributed by atoms with Gasteiger partial charge in [-0.05, 0) is 19.1 Å². The summed E-state index contributed by atoms with van der Waals surface area (Å²) >= 11 is 11.5. The maximum absolute atomic E-state index is 12.1. The van der Waals surface area contributed by atoms with E-state index in [1.165, 1.54) is 19.1 Å². The van der Waals surface area contributed by atoms with Crippen LogP contribution in [0.4, 0.5) is 13.2 Å². The van der Waals surface area contributed by atoms with Crippen LogP contribution in [0.25, 0.3) is 0 Å². The molecule has 1 atom stereocenters. The molecule has 19 heavy (non-hydrogen) atoms. The molecular weight excluding hydrogens is 308 g/mol. The van der Waals surface area contributed by atoms with Crippen LogP contribution in [0.15, 0.2) is 12.1 Å². The number of hydrogen-bond acceptors (Lipinski definition) is 3. The first kappa shape index (κ1) is 16.1. The molecule has 106 valence electrons. The highest BCUT2D eigenvalue weighted by Gasteiger charge is 2.39.